The third kappa shape index (κ3) is 3.52. The Labute approximate surface area is 160 Å². The molecule has 2 aromatic carbocycles. The average molecular weight is 378 g/mol. The Hall–Kier alpha value is -3.25. The number of amides is 1. The first kappa shape index (κ1) is 17.2. The lowest BCUT2D eigenvalue weighted by Crippen LogP contribution is -2.28. The third-order valence-electron chi connectivity index (χ3n) is 4.25. The molecule has 0 saturated heterocycles. The number of hydrogen-bond acceptors (Lipinski definition) is 4. The highest BCUT2D eigenvalue weighted by Gasteiger charge is 2.18. The van der Waals surface area contributed by atoms with Gasteiger partial charge in [-0.2, -0.15) is 5.10 Å². The second-order valence-electron chi connectivity index (χ2n) is 6.13. The Morgan fingerprint density at radius 1 is 1.11 bits per heavy atom. The van der Waals surface area contributed by atoms with Gasteiger partial charge in [0.25, 0.3) is 5.91 Å². The summed E-state index contributed by atoms with van der Waals surface area (Å²) in [6, 6.07) is 16.4. The zero-order chi connectivity index (χ0) is 18.8. The van der Waals surface area contributed by atoms with Gasteiger partial charge in [-0.05, 0) is 42.6 Å². The van der Waals surface area contributed by atoms with Crippen LogP contribution in [0.5, 0.6) is 0 Å². The van der Waals surface area contributed by atoms with E-state index in [0.29, 0.717) is 22.4 Å². The molecule has 4 aromatic rings. The number of rotatable bonds is 4. The molecule has 0 aliphatic rings. The van der Waals surface area contributed by atoms with Crippen molar-refractivity contribution in [3.8, 4) is 11.4 Å². The van der Waals surface area contributed by atoms with Crippen LogP contribution in [-0.2, 0) is 0 Å². The minimum Gasteiger partial charge on any atom is -0.341 e. The molecule has 2 aromatic heterocycles. The smallest absolute Gasteiger partial charge is 0.271 e. The molecular weight excluding hydrogens is 362 g/mol. The largest absolute Gasteiger partial charge is 0.341 e. The highest BCUT2D eigenvalue weighted by atomic mass is 35.5. The van der Waals surface area contributed by atoms with E-state index in [-0.39, 0.29) is 11.9 Å². The van der Waals surface area contributed by atoms with Gasteiger partial charge < -0.3 is 5.32 Å². The summed E-state index contributed by atoms with van der Waals surface area (Å²) in [5, 5.41) is 12.5. The molecular formula is C20H16ClN5O. The van der Waals surface area contributed by atoms with E-state index in [9.17, 15) is 4.79 Å². The summed E-state index contributed by atoms with van der Waals surface area (Å²) < 4.78 is 0. The second-order valence-corrected chi connectivity index (χ2v) is 6.56. The number of pyridine rings is 1. The van der Waals surface area contributed by atoms with Gasteiger partial charge in [-0.25, -0.2) is 4.98 Å². The highest BCUT2D eigenvalue weighted by molar-refractivity contribution is 6.30. The highest BCUT2D eigenvalue weighted by Crippen LogP contribution is 2.20. The molecule has 0 saturated carbocycles. The summed E-state index contributed by atoms with van der Waals surface area (Å²) in [6.07, 6.45) is 1.63. The van der Waals surface area contributed by atoms with Crippen LogP contribution in [0.3, 0.4) is 0 Å². The van der Waals surface area contributed by atoms with Crippen molar-refractivity contribution in [2.24, 2.45) is 0 Å². The maximum absolute atomic E-state index is 12.7. The van der Waals surface area contributed by atoms with Gasteiger partial charge in [0, 0.05) is 22.2 Å². The predicted molar refractivity (Wildman–Crippen MR) is 104 cm³/mol. The predicted octanol–water partition coefficient (Wildman–Crippen LogP) is 4.16. The van der Waals surface area contributed by atoms with Crippen molar-refractivity contribution in [1.82, 2.24) is 25.5 Å². The second kappa shape index (κ2) is 7.17. The standard InChI is InChI=1S/C20H16ClN5O/c1-12(18-24-19(26-25-18)14-6-8-15(21)9-7-14)23-20(27)17-16-5-3-2-4-13(16)10-11-22-17/h2-12H,1H3,(H,23,27)(H,24,25,26). The normalized spacial score (nSPS) is 12.1. The molecule has 4 rings (SSSR count). The lowest BCUT2D eigenvalue weighted by Gasteiger charge is -2.11. The average Bonchev–Trinajstić information content (AvgIpc) is 3.18. The molecule has 6 nitrogen and oxygen atoms in total. The van der Waals surface area contributed by atoms with Crippen LogP contribution >= 0.6 is 11.6 Å². The number of carbonyl (C=O) groups excluding carboxylic acids is 1. The minimum atomic E-state index is -0.355. The SMILES string of the molecule is CC(NC(=O)c1nccc2ccccc12)c1nc(-c2ccc(Cl)cc2)n[nH]1. The van der Waals surface area contributed by atoms with Gasteiger partial charge in [0.2, 0.25) is 0 Å². The Balaban J connectivity index is 1.54. The molecule has 7 heteroatoms. The summed E-state index contributed by atoms with van der Waals surface area (Å²) in [4.78, 5) is 21.4. The Morgan fingerprint density at radius 2 is 1.89 bits per heavy atom. The van der Waals surface area contributed by atoms with E-state index in [1.54, 1.807) is 18.3 Å². The van der Waals surface area contributed by atoms with Gasteiger partial charge in [-0.15, -0.1) is 0 Å². The van der Waals surface area contributed by atoms with Gasteiger partial charge in [0.15, 0.2) is 5.82 Å². The van der Waals surface area contributed by atoms with E-state index in [1.807, 2.05) is 49.4 Å². The van der Waals surface area contributed by atoms with Crippen molar-refractivity contribution in [2.45, 2.75) is 13.0 Å². The Morgan fingerprint density at radius 3 is 2.70 bits per heavy atom. The molecule has 1 unspecified atom stereocenters. The van der Waals surface area contributed by atoms with Crippen molar-refractivity contribution >= 4 is 28.3 Å². The van der Waals surface area contributed by atoms with Gasteiger partial charge in [0.1, 0.15) is 11.5 Å². The molecule has 0 aliphatic carbocycles. The van der Waals surface area contributed by atoms with Gasteiger partial charge in [-0.3, -0.25) is 14.9 Å². The Kier molecular flexibility index (Phi) is 4.56. The topological polar surface area (TPSA) is 83.6 Å². The van der Waals surface area contributed by atoms with Crippen molar-refractivity contribution in [3.05, 3.63) is 77.3 Å². The molecule has 134 valence electrons. The summed E-state index contributed by atoms with van der Waals surface area (Å²) in [7, 11) is 0. The van der Waals surface area contributed by atoms with Crippen LogP contribution in [0.1, 0.15) is 29.3 Å². The number of hydrogen-bond donors (Lipinski definition) is 2. The first-order valence-electron chi connectivity index (χ1n) is 8.44. The number of aromatic amines is 1. The van der Waals surface area contributed by atoms with E-state index in [4.69, 9.17) is 11.6 Å². The summed E-state index contributed by atoms with van der Waals surface area (Å²) in [5.74, 6) is 0.850. The Bertz CT molecular complexity index is 1100. The number of carbonyl (C=O) groups is 1. The third-order valence-corrected chi connectivity index (χ3v) is 4.50. The molecule has 2 N–H and O–H groups in total. The van der Waals surface area contributed by atoms with Gasteiger partial charge in [-0.1, -0.05) is 35.9 Å². The number of halogens is 1. The van der Waals surface area contributed by atoms with Crippen LogP contribution in [0, 0.1) is 0 Å². The number of nitrogens with zero attached hydrogens (tertiary/aromatic N) is 3. The van der Waals surface area contributed by atoms with Crippen LogP contribution in [-0.4, -0.2) is 26.1 Å². The minimum absolute atomic E-state index is 0.260. The lowest BCUT2D eigenvalue weighted by atomic mass is 10.1. The van der Waals surface area contributed by atoms with E-state index < -0.39 is 0 Å². The van der Waals surface area contributed by atoms with E-state index in [0.717, 1.165) is 16.3 Å². The molecule has 27 heavy (non-hydrogen) atoms. The maximum atomic E-state index is 12.7. The van der Waals surface area contributed by atoms with E-state index in [2.05, 4.69) is 25.5 Å². The maximum Gasteiger partial charge on any atom is 0.271 e. The number of H-pyrrole nitrogens is 1. The van der Waals surface area contributed by atoms with E-state index in [1.165, 1.54) is 0 Å². The van der Waals surface area contributed by atoms with Crippen molar-refractivity contribution in [3.63, 3.8) is 0 Å². The number of fused-ring (bicyclic) bond motifs is 1. The number of nitrogens with one attached hydrogen (secondary N) is 2. The fraction of sp³-hybridized carbons (Fsp3) is 0.100. The molecule has 0 radical (unpaired) electrons. The fourth-order valence-electron chi connectivity index (χ4n) is 2.83. The zero-order valence-electron chi connectivity index (χ0n) is 14.5. The van der Waals surface area contributed by atoms with Crippen molar-refractivity contribution in [2.75, 3.05) is 0 Å². The monoisotopic (exact) mass is 377 g/mol. The molecule has 0 aliphatic heterocycles. The first-order chi connectivity index (χ1) is 13.1. The lowest BCUT2D eigenvalue weighted by molar-refractivity contribution is 0.0935. The van der Waals surface area contributed by atoms with Crippen LogP contribution in [0.25, 0.3) is 22.2 Å². The summed E-state index contributed by atoms with van der Waals surface area (Å²) in [5.41, 5.74) is 1.23. The molecule has 1 amide bonds. The van der Waals surface area contributed by atoms with Crippen molar-refractivity contribution < 1.29 is 4.79 Å². The van der Waals surface area contributed by atoms with Gasteiger partial charge >= 0.3 is 0 Å². The quantitative estimate of drug-likeness (QED) is 0.559. The van der Waals surface area contributed by atoms with Crippen LogP contribution in [0.4, 0.5) is 0 Å². The van der Waals surface area contributed by atoms with Crippen LogP contribution in [0.2, 0.25) is 5.02 Å². The zero-order valence-corrected chi connectivity index (χ0v) is 15.2. The summed E-state index contributed by atoms with van der Waals surface area (Å²) in [6.45, 7) is 1.84. The van der Waals surface area contributed by atoms with Crippen molar-refractivity contribution in [1.29, 1.82) is 0 Å². The number of aromatic nitrogens is 4. The van der Waals surface area contributed by atoms with Gasteiger partial charge in [0.05, 0.1) is 6.04 Å². The summed E-state index contributed by atoms with van der Waals surface area (Å²) >= 11 is 5.91. The van der Waals surface area contributed by atoms with Crippen LogP contribution < -0.4 is 5.32 Å². The molecule has 2 heterocycles. The van der Waals surface area contributed by atoms with E-state index >= 15 is 0 Å². The fourth-order valence-corrected chi connectivity index (χ4v) is 2.96. The first-order valence-corrected chi connectivity index (χ1v) is 8.82. The molecule has 1 atom stereocenters. The molecule has 0 fully saturated rings. The van der Waals surface area contributed by atoms with Crippen LogP contribution in [0.15, 0.2) is 60.8 Å². The molecule has 0 spiro atoms. The number of benzene rings is 2. The molecule has 0 bridgehead atoms.